The van der Waals surface area contributed by atoms with Crippen molar-refractivity contribution in [2.24, 2.45) is 10.5 Å². The zero-order chi connectivity index (χ0) is 16.0. The van der Waals surface area contributed by atoms with E-state index in [9.17, 15) is 9.18 Å². The van der Waals surface area contributed by atoms with Gasteiger partial charge in [-0.2, -0.15) is 5.10 Å². The predicted octanol–water partition coefficient (Wildman–Crippen LogP) is 1.84. The van der Waals surface area contributed by atoms with Crippen LogP contribution in [0.4, 0.5) is 4.39 Å². The van der Waals surface area contributed by atoms with Gasteiger partial charge in [-0.25, -0.2) is 4.39 Å². The molecule has 2 heterocycles. The first-order valence-electron chi connectivity index (χ1n) is 7.76. The Hall–Kier alpha value is -2.21. The Balaban J connectivity index is 1.64. The smallest absolute Gasteiger partial charge is 0.165 e. The van der Waals surface area contributed by atoms with Crippen molar-refractivity contribution in [2.45, 2.75) is 25.6 Å². The number of ether oxygens (including phenoxy) is 1. The maximum atomic E-state index is 13.9. The van der Waals surface area contributed by atoms with Crippen LogP contribution in [0.5, 0.6) is 5.75 Å². The van der Waals surface area contributed by atoms with E-state index in [1.54, 1.807) is 6.07 Å². The van der Waals surface area contributed by atoms with E-state index in [2.05, 4.69) is 10.4 Å². The van der Waals surface area contributed by atoms with Gasteiger partial charge in [0.1, 0.15) is 11.6 Å². The third-order valence-electron chi connectivity index (χ3n) is 4.88. The molecular formula is C17H18FN3O2. The van der Waals surface area contributed by atoms with E-state index in [-0.39, 0.29) is 23.5 Å². The molecule has 0 saturated heterocycles. The molecule has 2 unspecified atom stereocenters. The van der Waals surface area contributed by atoms with Gasteiger partial charge in [0.2, 0.25) is 0 Å². The number of methoxy groups -OCH3 is 1. The highest BCUT2D eigenvalue weighted by atomic mass is 19.1. The summed E-state index contributed by atoms with van der Waals surface area (Å²) in [5.41, 5.74) is 1.10. The van der Waals surface area contributed by atoms with Crippen LogP contribution in [0.15, 0.2) is 35.5 Å². The van der Waals surface area contributed by atoms with Crippen LogP contribution in [0.3, 0.4) is 0 Å². The lowest BCUT2D eigenvalue weighted by atomic mass is 9.79. The molecule has 1 aromatic rings. The van der Waals surface area contributed by atoms with Gasteiger partial charge in [0.15, 0.2) is 17.3 Å². The van der Waals surface area contributed by atoms with Crippen LogP contribution in [0.2, 0.25) is 0 Å². The Bertz CT molecular complexity index is 731. The zero-order valence-electron chi connectivity index (χ0n) is 12.9. The van der Waals surface area contributed by atoms with Gasteiger partial charge in [0.25, 0.3) is 0 Å². The minimum absolute atomic E-state index is 0.178. The minimum atomic E-state index is -0.622. The molecule has 1 saturated carbocycles. The van der Waals surface area contributed by atoms with Crippen molar-refractivity contribution in [1.29, 1.82) is 0 Å². The predicted molar refractivity (Wildman–Crippen MR) is 83.5 cm³/mol. The molecule has 2 atom stereocenters. The van der Waals surface area contributed by atoms with Crippen LogP contribution in [0.1, 0.15) is 18.4 Å². The maximum Gasteiger partial charge on any atom is 0.165 e. The van der Waals surface area contributed by atoms with E-state index in [0.717, 1.165) is 11.3 Å². The quantitative estimate of drug-likeness (QED) is 0.865. The van der Waals surface area contributed by atoms with Crippen molar-refractivity contribution in [3.05, 3.63) is 41.7 Å². The van der Waals surface area contributed by atoms with Gasteiger partial charge < -0.3 is 4.74 Å². The summed E-state index contributed by atoms with van der Waals surface area (Å²) in [6.45, 7) is 1.15. The van der Waals surface area contributed by atoms with Gasteiger partial charge in [-0.1, -0.05) is 18.2 Å². The Morgan fingerprint density at radius 2 is 2.35 bits per heavy atom. The van der Waals surface area contributed by atoms with E-state index in [4.69, 9.17) is 4.74 Å². The molecule has 4 rings (SSSR count). The molecule has 1 aliphatic carbocycles. The molecule has 3 aliphatic rings. The van der Waals surface area contributed by atoms with Crippen molar-refractivity contribution >= 4 is 11.5 Å². The summed E-state index contributed by atoms with van der Waals surface area (Å²) in [6, 6.07) is 4.90. The third-order valence-corrected chi connectivity index (χ3v) is 4.88. The normalized spacial score (nSPS) is 28.6. The van der Waals surface area contributed by atoms with Gasteiger partial charge in [-0.15, -0.1) is 0 Å². The number of halogens is 1. The number of carbonyl (C=O) groups excluding carboxylic acids is 1. The molecular weight excluding hydrogens is 297 g/mol. The number of Topliss-reactive ketones (excluding diaryl/α,β-unsaturated/α-hetero) is 1. The number of hydrogen-bond donors (Lipinski definition) is 1. The molecule has 0 amide bonds. The third kappa shape index (κ3) is 2.01. The summed E-state index contributed by atoms with van der Waals surface area (Å²) in [6.07, 6.45) is 5.06. The molecule has 6 heteroatoms. The van der Waals surface area contributed by atoms with Crippen LogP contribution in [0, 0.1) is 11.2 Å². The summed E-state index contributed by atoms with van der Waals surface area (Å²) in [5, 5.41) is 9.90. The number of benzene rings is 1. The lowest BCUT2D eigenvalue weighted by molar-refractivity contribution is -0.124. The Kier molecular flexibility index (Phi) is 3.23. The fourth-order valence-corrected chi connectivity index (χ4v) is 3.79. The maximum absolute atomic E-state index is 13.9. The number of nitrogens with one attached hydrogen (secondary N) is 1. The number of hydrazone groups is 1. The molecule has 1 aromatic carbocycles. The van der Waals surface area contributed by atoms with Crippen LogP contribution >= 0.6 is 0 Å². The average Bonchev–Trinajstić information content (AvgIpc) is 3.02. The van der Waals surface area contributed by atoms with Crippen molar-refractivity contribution in [2.75, 3.05) is 13.7 Å². The largest absolute Gasteiger partial charge is 0.494 e. The molecule has 1 spiro atoms. The van der Waals surface area contributed by atoms with E-state index in [1.165, 1.54) is 13.2 Å². The highest BCUT2D eigenvalue weighted by molar-refractivity contribution is 6.18. The average molecular weight is 315 g/mol. The van der Waals surface area contributed by atoms with Crippen LogP contribution in [-0.2, 0) is 11.3 Å². The Morgan fingerprint density at radius 3 is 3.13 bits per heavy atom. The van der Waals surface area contributed by atoms with Crippen LogP contribution in [0.25, 0.3) is 0 Å². The Morgan fingerprint density at radius 1 is 1.48 bits per heavy atom. The monoisotopic (exact) mass is 315 g/mol. The second kappa shape index (κ2) is 5.16. The number of carbonyl (C=O) groups is 1. The molecule has 120 valence electrons. The van der Waals surface area contributed by atoms with Gasteiger partial charge in [-0.3, -0.25) is 15.1 Å². The minimum Gasteiger partial charge on any atom is -0.494 e. The molecule has 0 bridgehead atoms. The van der Waals surface area contributed by atoms with E-state index in [0.29, 0.717) is 25.9 Å². The number of hydrogen-bond acceptors (Lipinski definition) is 5. The Labute approximate surface area is 133 Å². The molecule has 5 nitrogen and oxygen atoms in total. The van der Waals surface area contributed by atoms with Crippen LogP contribution in [-0.4, -0.2) is 36.3 Å². The first-order valence-corrected chi connectivity index (χ1v) is 7.76. The van der Waals surface area contributed by atoms with E-state index < -0.39 is 5.41 Å². The second-order valence-corrected chi connectivity index (χ2v) is 6.12. The highest BCUT2D eigenvalue weighted by Crippen LogP contribution is 2.45. The molecule has 1 N–H and O–H groups in total. The first kappa shape index (κ1) is 14.4. The van der Waals surface area contributed by atoms with E-state index in [1.807, 2.05) is 23.2 Å². The number of nitrogens with zero attached hydrogens (tertiary/aromatic N) is 2. The van der Waals surface area contributed by atoms with Gasteiger partial charge in [0, 0.05) is 13.0 Å². The fourth-order valence-electron chi connectivity index (χ4n) is 3.79. The molecule has 23 heavy (non-hydrogen) atoms. The van der Waals surface area contributed by atoms with Crippen molar-refractivity contribution in [3.63, 3.8) is 0 Å². The standard InChI is InChI=1S/C17H18FN3O2/c1-23-13-4-3-11(9-12(13)18)10-21-16-17(7-2-8-19-16)14(20-21)5-6-15(17)22/h2-4,7,9,16,19H,5-6,8,10H2,1H3. The highest BCUT2D eigenvalue weighted by Gasteiger charge is 2.58. The first-order chi connectivity index (χ1) is 11.1. The summed E-state index contributed by atoms with van der Waals surface area (Å²) >= 11 is 0. The van der Waals surface area contributed by atoms with Gasteiger partial charge in [-0.05, 0) is 24.1 Å². The summed E-state index contributed by atoms with van der Waals surface area (Å²) in [7, 11) is 1.44. The van der Waals surface area contributed by atoms with Crippen LogP contribution < -0.4 is 10.1 Å². The zero-order valence-corrected chi connectivity index (χ0v) is 12.9. The number of rotatable bonds is 3. The summed E-state index contributed by atoms with van der Waals surface area (Å²) < 4.78 is 18.8. The second-order valence-electron chi connectivity index (χ2n) is 6.12. The van der Waals surface area contributed by atoms with Gasteiger partial charge in [0.05, 0.1) is 19.4 Å². The van der Waals surface area contributed by atoms with Crippen molar-refractivity contribution < 1.29 is 13.9 Å². The lowest BCUT2D eigenvalue weighted by Gasteiger charge is -2.36. The molecule has 2 aliphatic heterocycles. The SMILES string of the molecule is COc1ccc(CN2N=C3CCC(=O)C34C=CCNC24)cc1F. The lowest BCUT2D eigenvalue weighted by Crippen LogP contribution is -2.55. The number of ketones is 1. The fraction of sp³-hybridized carbons (Fsp3) is 0.412. The topological polar surface area (TPSA) is 53.9 Å². The van der Waals surface area contributed by atoms with E-state index >= 15 is 0 Å². The molecule has 0 aromatic heterocycles. The summed E-state index contributed by atoms with van der Waals surface area (Å²) in [5.74, 6) is 0.0520. The molecule has 1 fully saturated rings. The van der Waals surface area contributed by atoms with Crippen molar-refractivity contribution in [1.82, 2.24) is 10.3 Å². The van der Waals surface area contributed by atoms with Crippen molar-refractivity contribution in [3.8, 4) is 5.75 Å². The molecule has 0 radical (unpaired) electrons. The summed E-state index contributed by atoms with van der Waals surface area (Å²) in [4.78, 5) is 12.5. The van der Waals surface area contributed by atoms with Gasteiger partial charge >= 0.3 is 0 Å².